The van der Waals surface area contributed by atoms with Gasteiger partial charge >= 0.3 is 0 Å². The van der Waals surface area contributed by atoms with Crippen molar-refractivity contribution in [2.45, 2.75) is 27.3 Å². The second-order valence-electron chi connectivity index (χ2n) is 4.83. The minimum atomic E-state index is -0.0663. The molecule has 0 fully saturated rings. The first-order valence-electron chi connectivity index (χ1n) is 7.28. The van der Waals surface area contributed by atoms with E-state index in [1.807, 2.05) is 43.5 Å². The number of nitrogens with one attached hydrogen (secondary N) is 1. The van der Waals surface area contributed by atoms with Crippen LogP contribution in [0.2, 0.25) is 0 Å². The van der Waals surface area contributed by atoms with Crippen LogP contribution >= 0.6 is 0 Å². The van der Waals surface area contributed by atoms with Gasteiger partial charge in [0, 0.05) is 24.0 Å². The highest BCUT2D eigenvalue weighted by Crippen LogP contribution is 2.29. The Morgan fingerprint density at radius 3 is 2.81 bits per heavy atom. The monoisotopic (exact) mass is 286 g/mol. The first-order chi connectivity index (χ1) is 10.1. The SMILES string of the molecule is C=CCNC(=O)c1c(C)c2cc(OCC)ccc2n1CC. The van der Waals surface area contributed by atoms with Gasteiger partial charge in [-0.05, 0) is 44.5 Å². The van der Waals surface area contributed by atoms with Crippen LogP contribution in [-0.2, 0) is 6.54 Å². The Kier molecular flexibility index (Phi) is 4.68. The predicted octanol–water partition coefficient (Wildman–Crippen LogP) is 3.28. The van der Waals surface area contributed by atoms with Crippen LogP contribution in [0.15, 0.2) is 30.9 Å². The number of carbonyl (C=O) groups is 1. The summed E-state index contributed by atoms with van der Waals surface area (Å²) in [6, 6.07) is 5.97. The lowest BCUT2D eigenvalue weighted by molar-refractivity contribution is 0.0948. The maximum absolute atomic E-state index is 12.4. The third-order valence-electron chi connectivity index (χ3n) is 3.54. The number of amides is 1. The number of rotatable bonds is 6. The molecule has 1 aromatic heterocycles. The molecule has 2 rings (SSSR count). The summed E-state index contributed by atoms with van der Waals surface area (Å²) in [6.07, 6.45) is 1.68. The summed E-state index contributed by atoms with van der Waals surface area (Å²) in [5.74, 6) is 0.766. The Bertz CT molecular complexity index is 671. The lowest BCUT2D eigenvalue weighted by Gasteiger charge is -2.08. The number of nitrogens with zero attached hydrogens (tertiary/aromatic N) is 1. The molecule has 0 unspecified atom stereocenters. The van der Waals surface area contributed by atoms with Crippen molar-refractivity contribution in [1.82, 2.24) is 9.88 Å². The van der Waals surface area contributed by atoms with Gasteiger partial charge < -0.3 is 14.6 Å². The third-order valence-corrected chi connectivity index (χ3v) is 3.54. The normalized spacial score (nSPS) is 10.6. The number of carbonyl (C=O) groups excluding carboxylic acids is 1. The van der Waals surface area contributed by atoms with Crippen molar-refractivity contribution in [1.29, 1.82) is 0 Å². The van der Waals surface area contributed by atoms with E-state index in [2.05, 4.69) is 11.9 Å². The van der Waals surface area contributed by atoms with Crippen molar-refractivity contribution >= 4 is 16.8 Å². The summed E-state index contributed by atoms with van der Waals surface area (Å²) in [4.78, 5) is 12.4. The molecule has 4 heteroatoms. The molecule has 1 amide bonds. The molecular formula is C17H22N2O2. The van der Waals surface area contributed by atoms with E-state index in [-0.39, 0.29) is 5.91 Å². The second kappa shape index (κ2) is 6.48. The van der Waals surface area contributed by atoms with Gasteiger partial charge in [-0.25, -0.2) is 0 Å². The van der Waals surface area contributed by atoms with Crippen molar-refractivity contribution in [3.63, 3.8) is 0 Å². The van der Waals surface area contributed by atoms with Crippen molar-refractivity contribution < 1.29 is 9.53 Å². The molecule has 112 valence electrons. The van der Waals surface area contributed by atoms with E-state index in [0.717, 1.165) is 28.8 Å². The second-order valence-corrected chi connectivity index (χ2v) is 4.83. The van der Waals surface area contributed by atoms with E-state index in [0.29, 0.717) is 18.8 Å². The van der Waals surface area contributed by atoms with Gasteiger partial charge in [-0.1, -0.05) is 6.08 Å². The molecular weight excluding hydrogens is 264 g/mol. The molecule has 2 aromatic rings. The van der Waals surface area contributed by atoms with E-state index < -0.39 is 0 Å². The third kappa shape index (κ3) is 2.79. The van der Waals surface area contributed by atoms with Crippen LogP contribution in [0.25, 0.3) is 10.9 Å². The zero-order valence-electron chi connectivity index (χ0n) is 12.9. The molecule has 0 atom stereocenters. The fraction of sp³-hybridized carbons (Fsp3) is 0.353. The number of aryl methyl sites for hydroxylation is 2. The molecule has 0 aliphatic heterocycles. The zero-order chi connectivity index (χ0) is 15.4. The Morgan fingerprint density at radius 2 is 2.19 bits per heavy atom. The van der Waals surface area contributed by atoms with E-state index in [9.17, 15) is 4.79 Å². The minimum absolute atomic E-state index is 0.0663. The number of benzene rings is 1. The average Bonchev–Trinajstić information content (AvgIpc) is 2.77. The summed E-state index contributed by atoms with van der Waals surface area (Å²) >= 11 is 0. The van der Waals surface area contributed by atoms with Crippen molar-refractivity contribution in [2.75, 3.05) is 13.2 Å². The summed E-state index contributed by atoms with van der Waals surface area (Å²) in [6.45, 7) is 11.5. The Morgan fingerprint density at radius 1 is 1.43 bits per heavy atom. The molecule has 0 saturated carbocycles. The van der Waals surface area contributed by atoms with Crippen molar-refractivity contribution in [3.8, 4) is 5.75 Å². The molecule has 0 aliphatic rings. The number of aromatic nitrogens is 1. The maximum atomic E-state index is 12.4. The molecule has 0 spiro atoms. The number of hydrogen-bond acceptors (Lipinski definition) is 2. The van der Waals surface area contributed by atoms with Crippen LogP contribution in [0, 0.1) is 6.92 Å². The lowest BCUT2D eigenvalue weighted by atomic mass is 10.1. The Hall–Kier alpha value is -2.23. The number of ether oxygens (including phenoxy) is 1. The van der Waals surface area contributed by atoms with E-state index in [1.165, 1.54) is 0 Å². The lowest BCUT2D eigenvalue weighted by Crippen LogP contribution is -2.26. The van der Waals surface area contributed by atoms with Gasteiger partial charge in [0.1, 0.15) is 11.4 Å². The fourth-order valence-electron chi connectivity index (χ4n) is 2.63. The fourth-order valence-corrected chi connectivity index (χ4v) is 2.63. The van der Waals surface area contributed by atoms with Crippen molar-refractivity contribution in [2.24, 2.45) is 0 Å². The maximum Gasteiger partial charge on any atom is 0.268 e. The first kappa shape index (κ1) is 15.2. The van der Waals surface area contributed by atoms with Gasteiger partial charge in [-0.3, -0.25) is 4.79 Å². The highest BCUT2D eigenvalue weighted by Gasteiger charge is 2.19. The van der Waals surface area contributed by atoms with E-state index in [4.69, 9.17) is 4.74 Å². The molecule has 0 radical (unpaired) electrons. The topological polar surface area (TPSA) is 43.3 Å². The standard InChI is InChI=1S/C17H22N2O2/c1-5-10-18-17(20)16-12(4)14-11-13(21-7-3)8-9-15(14)19(16)6-2/h5,8-9,11H,1,6-7,10H2,2-4H3,(H,18,20). The van der Waals surface area contributed by atoms with Crippen LogP contribution < -0.4 is 10.1 Å². The number of fused-ring (bicyclic) bond motifs is 1. The van der Waals surface area contributed by atoms with E-state index >= 15 is 0 Å². The molecule has 21 heavy (non-hydrogen) atoms. The van der Waals surface area contributed by atoms with Crippen LogP contribution in [0.4, 0.5) is 0 Å². The molecule has 1 N–H and O–H groups in total. The highest BCUT2D eigenvalue weighted by molar-refractivity contribution is 6.02. The molecule has 0 saturated heterocycles. The predicted molar refractivity (Wildman–Crippen MR) is 86.0 cm³/mol. The molecule has 1 aromatic carbocycles. The highest BCUT2D eigenvalue weighted by atomic mass is 16.5. The molecule has 0 aliphatic carbocycles. The summed E-state index contributed by atoms with van der Waals surface area (Å²) < 4.78 is 7.59. The summed E-state index contributed by atoms with van der Waals surface area (Å²) in [7, 11) is 0. The largest absolute Gasteiger partial charge is 0.494 e. The summed E-state index contributed by atoms with van der Waals surface area (Å²) in [5.41, 5.74) is 2.75. The van der Waals surface area contributed by atoms with Crippen LogP contribution in [-0.4, -0.2) is 23.6 Å². The van der Waals surface area contributed by atoms with Crippen LogP contribution in [0.5, 0.6) is 5.75 Å². The van der Waals surface area contributed by atoms with Crippen molar-refractivity contribution in [3.05, 3.63) is 42.1 Å². The van der Waals surface area contributed by atoms with Gasteiger partial charge in [-0.2, -0.15) is 0 Å². The quantitative estimate of drug-likeness (QED) is 0.828. The minimum Gasteiger partial charge on any atom is -0.494 e. The van der Waals surface area contributed by atoms with Crippen LogP contribution in [0.1, 0.15) is 29.9 Å². The average molecular weight is 286 g/mol. The smallest absolute Gasteiger partial charge is 0.268 e. The van der Waals surface area contributed by atoms with Gasteiger partial charge in [0.05, 0.1) is 6.61 Å². The Balaban J connectivity index is 2.56. The molecule has 4 nitrogen and oxygen atoms in total. The zero-order valence-corrected chi connectivity index (χ0v) is 12.9. The van der Waals surface area contributed by atoms with Gasteiger partial charge in [0.15, 0.2) is 0 Å². The first-order valence-corrected chi connectivity index (χ1v) is 7.28. The Labute approximate surface area is 125 Å². The number of hydrogen-bond donors (Lipinski definition) is 1. The van der Waals surface area contributed by atoms with Gasteiger partial charge in [-0.15, -0.1) is 6.58 Å². The van der Waals surface area contributed by atoms with Crippen LogP contribution in [0.3, 0.4) is 0 Å². The molecule has 1 heterocycles. The summed E-state index contributed by atoms with van der Waals surface area (Å²) in [5, 5.41) is 3.92. The van der Waals surface area contributed by atoms with Gasteiger partial charge in [0.25, 0.3) is 5.91 Å². The van der Waals surface area contributed by atoms with Gasteiger partial charge in [0.2, 0.25) is 0 Å². The molecule has 0 bridgehead atoms. The van der Waals surface area contributed by atoms with E-state index in [1.54, 1.807) is 6.08 Å².